The Balaban J connectivity index is 4.24. The average Bonchev–Trinajstić information content (AvgIpc) is 1.82. The predicted molar refractivity (Wildman–Crippen MR) is 54.7 cm³/mol. The highest BCUT2D eigenvalue weighted by Gasteiger charge is 2.38. The van der Waals surface area contributed by atoms with Gasteiger partial charge in [0.15, 0.2) is 6.23 Å². The van der Waals surface area contributed by atoms with Crippen molar-refractivity contribution in [3.8, 4) is 0 Å². The molecule has 0 spiro atoms. The number of alkyl halides is 6. The minimum atomic E-state index is -2.21. The van der Waals surface area contributed by atoms with Crippen LogP contribution in [0.1, 0.15) is 0 Å². The van der Waals surface area contributed by atoms with E-state index in [0.717, 1.165) is 0 Å². The highest BCUT2D eigenvalue weighted by molar-refractivity contribution is 6.76. The van der Waals surface area contributed by atoms with Crippen LogP contribution in [0.5, 0.6) is 0 Å². The molecule has 3 nitrogen and oxygen atoms in total. The number of aliphatic hydroxyl groups is 1. The molecule has 1 amide bonds. The number of hydrogen-bond donors (Lipinski definition) is 2. The quantitative estimate of drug-likeness (QED) is 0.576. The van der Waals surface area contributed by atoms with E-state index in [0.29, 0.717) is 0 Å². The number of carbonyl (C=O) groups excluding carboxylic acids is 1. The van der Waals surface area contributed by atoms with Gasteiger partial charge in [0.2, 0.25) is 3.79 Å². The van der Waals surface area contributed by atoms with Crippen molar-refractivity contribution >= 4 is 75.5 Å². The van der Waals surface area contributed by atoms with Crippen molar-refractivity contribution in [2.24, 2.45) is 0 Å². The molecule has 0 saturated carbocycles. The molecule has 0 aliphatic heterocycles. The second-order valence-corrected chi connectivity index (χ2v) is 6.57. The standard InChI is InChI=1S/C4H3Cl6NO2/c5-3(6,7)1(12)11-2(13)4(8,9)10/h1,12H,(H,11,13)/t1-/m0/s1. The molecule has 0 unspecified atom stereocenters. The zero-order valence-corrected chi connectivity index (χ0v) is 10.2. The maximum absolute atomic E-state index is 10.9. The van der Waals surface area contributed by atoms with Crippen LogP contribution in [0.15, 0.2) is 0 Å². The van der Waals surface area contributed by atoms with Gasteiger partial charge in [0.1, 0.15) is 0 Å². The average molecular weight is 310 g/mol. The third-order valence-corrected chi connectivity index (χ3v) is 1.97. The summed E-state index contributed by atoms with van der Waals surface area (Å²) < 4.78 is -4.29. The summed E-state index contributed by atoms with van der Waals surface area (Å²) >= 11 is 31.1. The van der Waals surface area contributed by atoms with Gasteiger partial charge >= 0.3 is 0 Å². The molecular weight excluding hydrogens is 307 g/mol. The maximum atomic E-state index is 10.9. The Kier molecular flexibility index (Phi) is 5.23. The van der Waals surface area contributed by atoms with E-state index in [-0.39, 0.29) is 0 Å². The van der Waals surface area contributed by atoms with Crippen LogP contribution in [0.4, 0.5) is 0 Å². The fraction of sp³-hybridized carbons (Fsp3) is 0.750. The fourth-order valence-corrected chi connectivity index (χ4v) is 0.615. The van der Waals surface area contributed by atoms with Gasteiger partial charge in [-0.25, -0.2) is 0 Å². The molecule has 0 heterocycles. The van der Waals surface area contributed by atoms with Crippen LogP contribution in [-0.4, -0.2) is 24.8 Å². The van der Waals surface area contributed by atoms with Gasteiger partial charge in [-0.3, -0.25) is 4.79 Å². The molecule has 0 rings (SSSR count). The largest absolute Gasteiger partial charge is 0.369 e. The van der Waals surface area contributed by atoms with E-state index in [1.54, 1.807) is 5.32 Å². The van der Waals surface area contributed by atoms with Gasteiger partial charge in [-0.2, -0.15) is 0 Å². The molecule has 0 aliphatic carbocycles. The van der Waals surface area contributed by atoms with Gasteiger partial charge in [-0.1, -0.05) is 69.6 Å². The Morgan fingerprint density at radius 1 is 1.15 bits per heavy atom. The summed E-state index contributed by atoms with van der Waals surface area (Å²) in [6.07, 6.45) is -1.75. The Morgan fingerprint density at radius 3 is 1.77 bits per heavy atom. The lowest BCUT2D eigenvalue weighted by atomic mass is 10.5. The molecule has 0 fully saturated rings. The zero-order valence-electron chi connectivity index (χ0n) is 5.70. The number of nitrogens with one attached hydrogen (secondary N) is 1. The predicted octanol–water partition coefficient (Wildman–Crippen LogP) is 2.16. The number of hydrogen-bond acceptors (Lipinski definition) is 2. The van der Waals surface area contributed by atoms with E-state index < -0.39 is 19.7 Å². The first-order valence-electron chi connectivity index (χ1n) is 2.67. The summed E-state index contributed by atoms with van der Waals surface area (Å²) in [5.74, 6) is -1.09. The topological polar surface area (TPSA) is 49.3 Å². The molecule has 0 radical (unpaired) electrons. The summed E-state index contributed by atoms with van der Waals surface area (Å²) in [4.78, 5) is 10.9. The summed E-state index contributed by atoms with van der Waals surface area (Å²) in [6, 6.07) is 0. The minimum Gasteiger partial charge on any atom is -0.369 e. The van der Waals surface area contributed by atoms with Crippen LogP contribution in [0.3, 0.4) is 0 Å². The second kappa shape index (κ2) is 4.79. The molecule has 0 bridgehead atoms. The number of rotatable bonds is 1. The molecule has 0 aliphatic rings. The zero-order chi connectivity index (χ0) is 10.9. The van der Waals surface area contributed by atoms with Crippen molar-refractivity contribution in [2.45, 2.75) is 13.8 Å². The van der Waals surface area contributed by atoms with E-state index in [2.05, 4.69) is 0 Å². The molecule has 13 heavy (non-hydrogen) atoms. The van der Waals surface area contributed by atoms with Crippen LogP contribution in [0.25, 0.3) is 0 Å². The lowest BCUT2D eigenvalue weighted by Crippen LogP contribution is -2.47. The number of halogens is 6. The van der Waals surface area contributed by atoms with E-state index in [1.807, 2.05) is 0 Å². The summed E-state index contributed by atoms with van der Waals surface area (Å²) in [6.45, 7) is 0. The SMILES string of the molecule is O=C(N[C@@H](O)C(Cl)(Cl)Cl)C(Cl)(Cl)Cl. The normalized spacial score (nSPS) is 15.3. The summed E-state index contributed by atoms with van der Waals surface area (Å²) in [7, 11) is 0. The lowest BCUT2D eigenvalue weighted by Gasteiger charge is -2.21. The van der Waals surface area contributed by atoms with Gasteiger partial charge in [-0.15, -0.1) is 0 Å². The minimum absolute atomic E-state index is 1.09. The van der Waals surface area contributed by atoms with Gasteiger partial charge in [-0.05, 0) is 0 Å². The Bertz CT molecular complexity index is 196. The summed E-state index contributed by atoms with van der Waals surface area (Å²) in [5.41, 5.74) is 0. The van der Waals surface area contributed by atoms with Crippen LogP contribution < -0.4 is 5.32 Å². The third-order valence-electron chi connectivity index (χ3n) is 0.835. The molecule has 1 atom stereocenters. The maximum Gasteiger partial charge on any atom is 0.274 e. The van der Waals surface area contributed by atoms with E-state index in [1.165, 1.54) is 0 Å². The number of amides is 1. The van der Waals surface area contributed by atoms with Crippen molar-refractivity contribution in [1.29, 1.82) is 0 Å². The summed E-state index contributed by atoms with van der Waals surface area (Å²) in [5, 5.41) is 10.8. The van der Waals surface area contributed by atoms with Crippen molar-refractivity contribution < 1.29 is 9.90 Å². The Labute approximate surface area is 104 Å². The van der Waals surface area contributed by atoms with Crippen LogP contribution in [0, 0.1) is 0 Å². The molecule has 0 saturated heterocycles. The number of aliphatic hydroxyl groups excluding tert-OH is 1. The number of carbonyl (C=O) groups is 1. The van der Waals surface area contributed by atoms with Gasteiger partial charge in [0, 0.05) is 0 Å². The monoisotopic (exact) mass is 307 g/mol. The van der Waals surface area contributed by atoms with E-state index in [4.69, 9.17) is 74.7 Å². The second-order valence-electron chi connectivity index (χ2n) is 1.92. The fourth-order valence-electron chi connectivity index (χ4n) is 0.288. The molecule has 0 aromatic heterocycles. The first-order chi connectivity index (χ1) is 5.55. The van der Waals surface area contributed by atoms with E-state index >= 15 is 0 Å². The molecule has 9 heteroatoms. The molecular formula is C4H3Cl6NO2. The van der Waals surface area contributed by atoms with Gasteiger partial charge < -0.3 is 10.4 Å². The lowest BCUT2D eigenvalue weighted by molar-refractivity contribution is -0.123. The smallest absolute Gasteiger partial charge is 0.274 e. The molecule has 78 valence electrons. The first-order valence-corrected chi connectivity index (χ1v) is 4.94. The first kappa shape index (κ1) is 14.2. The highest BCUT2D eigenvalue weighted by Crippen LogP contribution is 2.31. The van der Waals surface area contributed by atoms with Crippen LogP contribution >= 0.6 is 69.6 Å². The third kappa shape index (κ3) is 5.57. The Hall–Kier alpha value is 1.17. The van der Waals surface area contributed by atoms with E-state index in [9.17, 15) is 4.79 Å². The van der Waals surface area contributed by atoms with Crippen molar-refractivity contribution in [3.05, 3.63) is 0 Å². The van der Waals surface area contributed by atoms with Crippen LogP contribution in [-0.2, 0) is 4.79 Å². The molecule has 0 aromatic carbocycles. The molecule has 2 N–H and O–H groups in total. The van der Waals surface area contributed by atoms with Gasteiger partial charge in [0.05, 0.1) is 0 Å². The van der Waals surface area contributed by atoms with Gasteiger partial charge in [0.25, 0.3) is 9.70 Å². The van der Waals surface area contributed by atoms with Crippen molar-refractivity contribution in [1.82, 2.24) is 5.32 Å². The van der Waals surface area contributed by atoms with Crippen molar-refractivity contribution in [2.75, 3.05) is 0 Å². The Morgan fingerprint density at radius 2 is 1.54 bits per heavy atom. The molecule has 0 aromatic rings. The highest BCUT2D eigenvalue weighted by atomic mass is 35.6. The van der Waals surface area contributed by atoms with Crippen molar-refractivity contribution in [3.63, 3.8) is 0 Å². The van der Waals surface area contributed by atoms with Crippen LogP contribution in [0.2, 0.25) is 0 Å².